The monoisotopic (exact) mass is 420 g/mol. The molecule has 0 spiro atoms. The molecule has 0 atom stereocenters. The molecule has 1 aliphatic heterocycles. The molecule has 1 aliphatic rings. The van der Waals surface area contributed by atoms with Crippen molar-refractivity contribution < 1.29 is 28.9 Å². The fraction of sp³-hybridized carbons (Fsp3) is 0.545. The lowest BCUT2D eigenvalue weighted by atomic mass is 9.94. The molecular weight excluding hydrogens is 388 g/mol. The summed E-state index contributed by atoms with van der Waals surface area (Å²) in [6.07, 6.45) is 3.06. The largest absolute Gasteiger partial charge is 0.496 e. The highest BCUT2D eigenvalue weighted by Gasteiger charge is 2.33. The summed E-state index contributed by atoms with van der Waals surface area (Å²) in [7, 11) is 0.312. The third-order valence-corrected chi connectivity index (χ3v) is 6.82. The quantitative estimate of drug-likeness (QED) is 0.334. The molecule has 0 aromatic heterocycles. The highest BCUT2D eigenvalue weighted by atomic mass is 28.3. The van der Waals surface area contributed by atoms with E-state index in [1.807, 2.05) is 19.9 Å². The molecule has 1 heterocycles. The third-order valence-electron chi connectivity index (χ3n) is 5.11. The van der Waals surface area contributed by atoms with E-state index >= 15 is 0 Å². The number of carbonyl (C=O) groups is 2. The normalized spacial score (nSPS) is 13.9. The molecule has 0 bridgehead atoms. The van der Waals surface area contributed by atoms with E-state index in [1.54, 1.807) is 7.11 Å². The van der Waals surface area contributed by atoms with Gasteiger partial charge in [-0.1, -0.05) is 31.3 Å². The van der Waals surface area contributed by atoms with Crippen LogP contribution in [0.4, 0.5) is 0 Å². The molecule has 0 saturated heterocycles. The number of carboxylic acid groups (broad SMARTS) is 1. The van der Waals surface area contributed by atoms with Crippen LogP contribution in [0.15, 0.2) is 11.6 Å². The molecule has 0 aliphatic carbocycles. The number of methoxy groups -OCH3 is 1. The van der Waals surface area contributed by atoms with Crippen molar-refractivity contribution >= 4 is 20.0 Å². The highest BCUT2D eigenvalue weighted by Crippen LogP contribution is 2.43. The number of ether oxygens (including phenoxy) is 3. The summed E-state index contributed by atoms with van der Waals surface area (Å²) in [4.78, 5) is 23.3. The Bertz CT molecular complexity index is 820. The molecule has 1 aromatic carbocycles. The molecule has 0 radical (unpaired) electrons. The second-order valence-electron chi connectivity index (χ2n) is 8.70. The van der Waals surface area contributed by atoms with Crippen molar-refractivity contribution in [2.24, 2.45) is 0 Å². The third kappa shape index (κ3) is 5.85. The molecule has 0 fully saturated rings. The first-order chi connectivity index (χ1) is 13.5. The maximum atomic E-state index is 12.5. The lowest BCUT2D eigenvalue weighted by molar-refractivity contribution is -0.136. The van der Waals surface area contributed by atoms with Crippen LogP contribution in [0.1, 0.15) is 46.8 Å². The Labute approximate surface area is 173 Å². The minimum absolute atomic E-state index is 0.0918. The van der Waals surface area contributed by atoms with Crippen molar-refractivity contribution in [1.82, 2.24) is 0 Å². The predicted octanol–water partition coefficient (Wildman–Crippen LogP) is 4.74. The molecule has 1 N–H and O–H groups in total. The van der Waals surface area contributed by atoms with Gasteiger partial charge < -0.3 is 19.3 Å². The number of carboxylic acids is 1. The molecule has 1 aromatic rings. The Hall–Kier alpha value is -2.28. The van der Waals surface area contributed by atoms with Crippen LogP contribution >= 0.6 is 0 Å². The molecule has 2 rings (SSSR count). The summed E-state index contributed by atoms with van der Waals surface area (Å²) in [6.45, 7) is 11.4. The number of cyclic esters (lactones) is 1. The fourth-order valence-corrected chi connectivity index (χ4v) is 4.03. The van der Waals surface area contributed by atoms with Gasteiger partial charge in [-0.25, -0.2) is 4.79 Å². The van der Waals surface area contributed by atoms with Gasteiger partial charge in [-0.3, -0.25) is 4.79 Å². The zero-order valence-electron chi connectivity index (χ0n) is 18.3. The van der Waals surface area contributed by atoms with Crippen LogP contribution in [0.2, 0.25) is 25.7 Å². The number of carbonyl (C=O) groups excluding carboxylic acids is 1. The first-order valence-electron chi connectivity index (χ1n) is 9.94. The van der Waals surface area contributed by atoms with Gasteiger partial charge in [0.15, 0.2) is 0 Å². The van der Waals surface area contributed by atoms with E-state index in [-0.39, 0.29) is 19.0 Å². The van der Waals surface area contributed by atoms with Crippen molar-refractivity contribution in [3.05, 3.63) is 33.9 Å². The van der Waals surface area contributed by atoms with Crippen LogP contribution < -0.4 is 9.47 Å². The second kappa shape index (κ2) is 9.48. The van der Waals surface area contributed by atoms with Crippen LogP contribution in [0, 0.1) is 6.92 Å². The Kier molecular flexibility index (Phi) is 7.52. The SMILES string of the molecule is COc1c(C)c2c(c(OCC[Si](C)(C)C)c1C/C=C(\C)CCC(=O)O)C(=O)OC2. The Morgan fingerprint density at radius 2 is 1.93 bits per heavy atom. The molecule has 29 heavy (non-hydrogen) atoms. The predicted molar refractivity (Wildman–Crippen MR) is 115 cm³/mol. The van der Waals surface area contributed by atoms with Crippen molar-refractivity contribution in [3.8, 4) is 11.5 Å². The van der Waals surface area contributed by atoms with Gasteiger partial charge in [0, 0.05) is 25.6 Å². The average molecular weight is 421 g/mol. The van der Waals surface area contributed by atoms with Crippen LogP contribution in [0.3, 0.4) is 0 Å². The molecule has 7 heteroatoms. The zero-order chi connectivity index (χ0) is 21.8. The second-order valence-corrected chi connectivity index (χ2v) is 14.3. The van der Waals surface area contributed by atoms with Crippen LogP contribution in [0.5, 0.6) is 11.5 Å². The van der Waals surface area contributed by atoms with E-state index in [1.165, 1.54) is 0 Å². The molecule has 0 saturated carbocycles. The maximum absolute atomic E-state index is 12.5. The Balaban J connectivity index is 2.44. The maximum Gasteiger partial charge on any atom is 0.342 e. The Morgan fingerprint density at radius 1 is 1.24 bits per heavy atom. The van der Waals surface area contributed by atoms with Gasteiger partial charge >= 0.3 is 11.9 Å². The number of esters is 1. The van der Waals surface area contributed by atoms with Crippen LogP contribution in [-0.4, -0.2) is 38.8 Å². The van der Waals surface area contributed by atoms with E-state index in [9.17, 15) is 9.59 Å². The van der Waals surface area contributed by atoms with E-state index in [4.69, 9.17) is 19.3 Å². The summed E-state index contributed by atoms with van der Waals surface area (Å²) < 4.78 is 17.2. The van der Waals surface area contributed by atoms with Gasteiger partial charge in [0.2, 0.25) is 0 Å². The van der Waals surface area contributed by atoms with Gasteiger partial charge in [-0.15, -0.1) is 0 Å². The van der Waals surface area contributed by atoms with E-state index < -0.39 is 14.0 Å². The first-order valence-corrected chi connectivity index (χ1v) is 13.7. The summed E-state index contributed by atoms with van der Waals surface area (Å²) >= 11 is 0. The molecule has 160 valence electrons. The zero-order valence-corrected chi connectivity index (χ0v) is 19.3. The van der Waals surface area contributed by atoms with Crippen molar-refractivity contribution in [2.45, 2.75) is 65.4 Å². The first kappa shape index (κ1) is 23.0. The standard InChI is InChI=1S/C22H32O6Si/c1-14(8-10-18(23)24)7-9-16-20(26-3)15(2)17-13-28-22(25)19(17)21(16)27-11-12-29(4,5)6/h7H,8-13H2,1-6H3,(H,23,24)/b14-7+. The molecule has 0 unspecified atom stereocenters. The fourth-order valence-electron chi connectivity index (χ4n) is 3.31. The van der Waals surface area contributed by atoms with Crippen molar-refractivity contribution in [3.63, 3.8) is 0 Å². The van der Waals surface area contributed by atoms with Gasteiger partial charge in [0.25, 0.3) is 0 Å². The Morgan fingerprint density at radius 3 is 2.52 bits per heavy atom. The smallest absolute Gasteiger partial charge is 0.342 e. The summed E-state index contributed by atoms with van der Waals surface area (Å²) in [5, 5.41) is 8.89. The van der Waals surface area contributed by atoms with Crippen LogP contribution in [0.25, 0.3) is 0 Å². The number of allylic oxidation sites excluding steroid dienone is 2. The minimum Gasteiger partial charge on any atom is -0.496 e. The van der Waals surface area contributed by atoms with Gasteiger partial charge in [-0.2, -0.15) is 0 Å². The lowest BCUT2D eigenvalue weighted by Crippen LogP contribution is -2.23. The molecule has 6 nitrogen and oxygen atoms in total. The van der Waals surface area contributed by atoms with E-state index in [0.717, 1.165) is 28.3 Å². The number of hydrogen-bond donors (Lipinski definition) is 1. The van der Waals surface area contributed by atoms with Crippen molar-refractivity contribution in [1.29, 1.82) is 0 Å². The van der Waals surface area contributed by atoms with E-state index in [2.05, 4.69) is 19.6 Å². The van der Waals surface area contributed by atoms with E-state index in [0.29, 0.717) is 36.5 Å². The summed E-state index contributed by atoms with van der Waals surface area (Å²) in [5.41, 5.74) is 4.00. The number of aliphatic carboxylic acids is 1. The summed E-state index contributed by atoms with van der Waals surface area (Å²) in [5.74, 6) is 0.0706. The lowest BCUT2D eigenvalue weighted by Gasteiger charge is -2.21. The van der Waals surface area contributed by atoms with Gasteiger partial charge in [0.1, 0.15) is 23.7 Å². The molecule has 0 amide bonds. The number of fused-ring (bicyclic) bond motifs is 1. The topological polar surface area (TPSA) is 82.1 Å². The minimum atomic E-state index is -1.30. The summed E-state index contributed by atoms with van der Waals surface area (Å²) in [6, 6.07) is 0.972. The number of hydrogen-bond acceptors (Lipinski definition) is 5. The molecular formula is C22H32O6Si. The van der Waals surface area contributed by atoms with Crippen molar-refractivity contribution in [2.75, 3.05) is 13.7 Å². The van der Waals surface area contributed by atoms with Gasteiger partial charge in [0.05, 0.1) is 13.7 Å². The number of benzene rings is 1. The average Bonchev–Trinajstić information content (AvgIpc) is 3.01. The van der Waals surface area contributed by atoms with Gasteiger partial charge in [-0.05, 0) is 38.3 Å². The van der Waals surface area contributed by atoms with Crippen LogP contribution in [-0.2, 0) is 22.6 Å². The number of rotatable bonds is 10. The highest BCUT2D eigenvalue weighted by molar-refractivity contribution is 6.76.